The first-order valence-electron chi connectivity index (χ1n) is 12.6. The van der Waals surface area contributed by atoms with Crippen LogP contribution in [0.1, 0.15) is 82.6 Å². The highest BCUT2D eigenvalue weighted by Gasteiger charge is 2.47. The van der Waals surface area contributed by atoms with Gasteiger partial charge in [-0.3, -0.25) is 4.79 Å². The third-order valence-corrected chi connectivity index (χ3v) is 7.97. The van der Waals surface area contributed by atoms with Gasteiger partial charge >= 0.3 is 0 Å². The van der Waals surface area contributed by atoms with E-state index >= 15 is 0 Å². The number of nitrogens with zero attached hydrogens (tertiary/aromatic N) is 1. The number of piperidine rings is 1. The van der Waals surface area contributed by atoms with Crippen molar-refractivity contribution in [1.29, 1.82) is 0 Å². The molecule has 1 amide bonds. The van der Waals surface area contributed by atoms with Gasteiger partial charge in [-0.25, -0.2) is 4.39 Å². The van der Waals surface area contributed by atoms with Crippen molar-refractivity contribution < 1.29 is 14.3 Å². The molecule has 1 atom stereocenters. The minimum Gasteiger partial charge on any atom is -0.375 e. The van der Waals surface area contributed by atoms with Crippen molar-refractivity contribution in [2.45, 2.75) is 88.7 Å². The molecule has 2 N–H and O–H groups in total. The quantitative estimate of drug-likeness (QED) is 0.640. The summed E-state index contributed by atoms with van der Waals surface area (Å²) >= 11 is 0. The van der Waals surface area contributed by atoms with Crippen LogP contribution in [-0.2, 0) is 10.4 Å². The summed E-state index contributed by atoms with van der Waals surface area (Å²) in [5.41, 5.74) is -1.25. The second kappa shape index (κ2) is 10.4. The largest absolute Gasteiger partial charge is 0.375 e. The molecule has 3 aliphatic rings. The van der Waals surface area contributed by atoms with Crippen molar-refractivity contribution in [3.63, 3.8) is 0 Å². The van der Waals surface area contributed by atoms with Crippen LogP contribution in [0.25, 0.3) is 0 Å². The van der Waals surface area contributed by atoms with Gasteiger partial charge < -0.3 is 15.3 Å². The number of amides is 1. The van der Waals surface area contributed by atoms with Gasteiger partial charge in [0.15, 0.2) is 5.60 Å². The molecule has 1 aromatic rings. The zero-order valence-electron chi connectivity index (χ0n) is 18.8. The first-order valence-corrected chi connectivity index (χ1v) is 12.6. The van der Waals surface area contributed by atoms with Gasteiger partial charge in [0.05, 0.1) is 0 Å². The molecule has 0 aromatic heterocycles. The number of halogens is 1. The minimum absolute atomic E-state index is 0.0828. The number of hydrogen-bond donors (Lipinski definition) is 2. The van der Waals surface area contributed by atoms with Gasteiger partial charge in [-0.1, -0.05) is 50.7 Å². The summed E-state index contributed by atoms with van der Waals surface area (Å²) in [4.78, 5) is 15.9. The van der Waals surface area contributed by atoms with E-state index in [0.29, 0.717) is 5.56 Å². The highest BCUT2D eigenvalue weighted by molar-refractivity contribution is 5.87. The maximum Gasteiger partial charge on any atom is 0.257 e. The van der Waals surface area contributed by atoms with E-state index in [1.807, 2.05) is 0 Å². The van der Waals surface area contributed by atoms with E-state index in [4.69, 9.17) is 0 Å². The van der Waals surface area contributed by atoms with E-state index in [1.54, 1.807) is 12.1 Å². The predicted molar refractivity (Wildman–Crippen MR) is 121 cm³/mol. The number of rotatable bonds is 6. The summed E-state index contributed by atoms with van der Waals surface area (Å²) in [7, 11) is 0. The van der Waals surface area contributed by atoms with Gasteiger partial charge in [0.25, 0.3) is 5.91 Å². The number of likely N-dealkylation sites (tertiary alicyclic amines) is 1. The average Bonchev–Trinajstić information content (AvgIpc) is 3.20. The molecule has 4 nitrogen and oxygen atoms in total. The normalized spacial score (nSPS) is 24.6. The monoisotopic (exact) mass is 430 g/mol. The van der Waals surface area contributed by atoms with Gasteiger partial charge in [-0.05, 0) is 62.1 Å². The summed E-state index contributed by atoms with van der Waals surface area (Å²) in [6.45, 7) is 3.20. The van der Waals surface area contributed by atoms with Gasteiger partial charge in [0.1, 0.15) is 5.82 Å². The van der Waals surface area contributed by atoms with Crippen molar-refractivity contribution in [2.75, 3.05) is 19.6 Å². The smallest absolute Gasteiger partial charge is 0.257 e. The van der Waals surface area contributed by atoms with Crippen LogP contribution < -0.4 is 5.32 Å². The average molecular weight is 431 g/mol. The fraction of sp³-hybridized carbons (Fsp3) is 0.731. The van der Waals surface area contributed by atoms with Crippen LogP contribution in [0.4, 0.5) is 4.39 Å². The number of carbonyl (C=O) groups excluding carboxylic acids is 1. The number of benzene rings is 1. The first kappa shape index (κ1) is 22.7. The lowest BCUT2D eigenvalue weighted by Gasteiger charge is -2.38. The highest BCUT2D eigenvalue weighted by atomic mass is 19.1. The minimum atomic E-state index is -1.64. The molecule has 1 aromatic carbocycles. The van der Waals surface area contributed by atoms with Crippen molar-refractivity contribution in [3.05, 3.63) is 35.6 Å². The molecule has 31 heavy (non-hydrogen) atoms. The third-order valence-electron chi connectivity index (χ3n) is 7.97. The molecule has 2 aliphatic carbocycles. The Labute approximate surface area is 186 Å². The number of aliphatic hydroxyl groups is 1. The Hall–Kier alpha value is -1.46. The van der Waals surface area contributed by atoms with Gasteiger partial charge in [-0.2, -0.15) is 0 Å². The lowest BCUT2D eigenvalue weighted by atomic mass is 9.79. The molecular weight excluding hydrogens is 391 g/mol. The van der Waals surface area contributed by atoms with Crippen LogP contribution >= 0.6 is 0 Å². The number of nitrogens with one attached hydrogen (secondary N) is 1. The first-order chi connectivity index (χ1) is 15.1. The van der Waals surface area contributed by atoms with Crippen LogP contribution in [0.5, 0.6) is 0 Å². The topological polar surface area (TPSA) is 52.6 Å². The molecule has 0 bridgehead atoms. The van der Waals surface area contributed by atoms with E-state index in [-0.39, 0.29) is 17.9 Å². The molecule has 5 heteroatoms. The van der Waals surface area contributed by atoms with Gasteiger partial charge in [-0.15, -0.1) is 0 Å². The fourth-order valence-corrected chi connectivity index (χ4v) is 6.09. The lowest BCUT2D eigenvalue weighted by Crippen LogP contribution is -2.54. The van der Waals surface area contributed by atoms with E-state index < -0.39 is 11.4 Å². The molecule has 0 radical (unpaired) electrons. The molecule has 2 saturated carbocycles. The lowest BCUT2D eigenvalue weighted by molar-refractivity contribution is -0.148. The summed E-state index contributed by atoms with van der Waals surface area (Å²) in [5.74, 6) is -0.0699. The summed E-state index contributed by atoms with van der Waals surface area (Å²) in [6, 6.07) is 6.05. The van der Waals surface area contributed by atoms with Crippen molar-refractivity contribution in [2.24, 2.45) is 11.8 Å². The van der Waals surface area contributed by atoms with E-state index in [0.717, 1.165) is 57.5 Å². The molecule has 1 aliphatic heterocycles. The molecule has 0 spiro atoms. The molecule has 1 unspecified atom stereocenters. The number of carbonyl (C=O) groups is 1. The molecule has 1 saturated heterocycles. The Bertz CT molecular complexity index is 720. The van der Waals surface area contributed by atoms with E-state index in [9.17, 15) is 14.3 Å². The summed E-state index contributed by atoms with van der Waals surface area (Å²) in [5, 5.41) is 14.8. The Morgan fingerprint density at radius 3 is 2.29 bits per heavy atom. The molecule has 1 heterocycles. The van der Waals surface area contributed by atoms with Crippen molar-refractivity contribution >= 4 is 5.91 Å². The van der Waals surface area contributed by atoms with Crippen LogP contribution in [0.3, 0.4) is 0 Å². The summed E-state index contributed by atoms with van der Waals surface area (Å²) < 4.78 is 13.9. The maximum atomic E-state index is 13.9. The molecule has 3 fully saturated rings. The predicted octanol–water partition coefficient (Wildman–Crippen LogP) is 4.75. The van der Waals surface area contributed by atoms with Gasteiger partial charge in [0, 0.05) is 31.6 Å². The second-order valence-electron chi connectivity index (χ2n) is 10.2. The van der Waals surface area contributed by atoms with Gasteiger partial charge in [0.2, 0.25) is 0 Å². The highest BCUT2D eigenvalue weighted by Crippen LogP contribution is 2.41. The third kappa shape index (κ3) is 5.48. The second-order valence-corrected chi connectivity index (χ2v) is 10.2. The molecule has 172 valence electrons. The van der Waals surface area contributed by atoms with Crippen LogP contribution in [0.15, 0.2) is 24.3 Å². The Balaban J connectivity index is 1.36. The molecule has 4 rings (SSSR count). The Morgan fingerprint density at radius 1 is 1.00 bits per heavy atom. The zero-order chi connectivity index (χ0) is 21.7. The number of hydrogen-bond acceptors (Lipinski definition) is 3. The standard InChI is InChI=1S/C26H39FN2O2/c27-23-13-7-12-22(18-23)26(31,21-10-5-6-11-21)25(30)28-24-14-16-29(17-15-24)19-20-8-3-1-2-4-9-20/h7,12-13,18,20-21,24,31H,1-6,8-11,14-17,19H2,(H,28,30). The zero-order valence-corrected chi connectivity index (χ0v) is 18.8. The summed E-state index contributed by atoms with van der Waals surface area (Å²) in [6.07, 6.45) is 13.7. The van der Waals surface area contributed by atoms with Crippen LogP contribution in [0, 0.1) is 17.7 Å². The molecular formula is C26H39FN2O2. The van der Waals surface area contributed by atoms with E-state index in [2.05, 4.69) is 10.2 Å². The Kier molecular flexibility index (Phi) is 7.65. The maximum absolute atomic E-state index is 13.9. The Morgan fingerprint density at radius 2 is 1.65 bits per heavy atom. The van der Waals surface area contributed by atoms with Crippen LogP contribution in [-0.4, -0.2) is 41.6 Å². The fourth-order valence-electron chi connectivity index (χ4n) is 6.09. The van der Waals surface area contributed by atoms with E-state index in [1.165, 1.54) is 57.2 Å². The SMILES string of the molecule is O=C(NC1CCN(CC2CCCCCC2)CC1)C(O)(c1cccc(F)c1)C1CCCC1. The van der Waals surface area contributed by atoms with Crippen molar-refractivity contribution in [1.82, 2.24) is 10.2 Å². The van der Waals surface area contributed by atoms with Crippen molar-refractivity contribution in [3.8, 4) is 0 Å². The van der Waals surface area contributed by atoms with Crippen LogP contribution in [0.2, 0.25) is 0 Å².